The molecule has 0 heterocycles. The normalized spacial score (nSPS) is 12.5. The minimum absolute atomic E-state index is 0.0325. The lowest BCUT2D eigenvalue weighted by Crippen LogP contribution is -2.63. The van der Waals surface area contributed by atoms with Gasteiger partial charge in [0.2, 0.25) is 0 Å². The Morgan fingerprint density at radius 1 is 0.451 bits per heavy atom. The monoisotopic (exact) mass is 727 g/mol. The number of carbonyl (C=O) groups is 3. The maximum Gasteiger partial charge on any atom is 0.312 e. The number of aliphatic hydroxyl groups is 1. The first-order chi connectivity index (χ1) is 24.9. The van der Waals surface area contributed by atoms with Crippen LogP contribution in [0.4, 0.5) is 0 Å². The molecule has 0 aromatic rings. The van der Waals surface area contributed by atoms with E-state index >= 15 is 0 Å². The summed E-state index contributed by atoms with van der Waals surface area (Å²) in [5.74, 6) is -1.22. The average Bonchev–Trinajstić information content (AvgIpc) is 3.12. The summed E-state index contributed by atoms with van der Waals surface area (Å²) in [6, 6.07) is -0.462. The Morgan fingerprint density at radius 2 is 0.745 bits per heavy atom. The van der Waals surface area contributed by atoms with Crippen molar-refractivity contribution in [3.8, 4) is 0 Å². The average molecular weight is 727 g/mol. The molecule has 0 aromatic heterocycles. The maximum atomic E-state index is 12.6. The van der Waals surface area contributed by atoms with Gasteiger partial charge in [-0.2, -0.15) is 0 Å². The van der Waals surface area contributed by atoms with E-state index in [9.17, 15) is 14.4 Å². The fourth-order valence-electron chi connectivity index (χ4n) is 6.45. The van der Waals surface area contributed by atoms with Crippen molar-refractivity contribution in [2.75, 3.05) is 19.8 Å². The van der Waals surface area contributed by atoms with Crippen molar-refractivity contribution in [2.24, 2.45) is 0 Å². The van der Waals surface area contributed by atoms with E-state index in [-0.39, 0.29) is 38.2 Å². The standard InChI is InChI=1S/C43H83NO7/c1-3-5-7-9-11-13-15-17-19-21-23-25-27-29-31-33-41(46)49-37-40(38-50-43(48)35-39(44)36-45)51-42(47)34-32-30-28-26-24-22-20-18-16-14-12-10-8-6-4-2/h39-40,45H,3-38,44H2,1-2H3/p+1. The predicted molar refractivity (Wildman–Crippen MR) is 209 cm³/mol. The van der Waals surface area contributed by atoms with Crippen molar-refractivity contribution in [3.63, 3.8) is 0 Å². The summed E-state index contributed by atoms with van der Waals surface area (Å²) in [5, 5.41) is 9.16. The lowest BCUT2D eigenvalue weighted by Gasteiger charge is -2.18. The second-order valence-corrected chi connectivity index (χ2v) is 15.1. The third kappa shape index (κ3) is 37.9. The van der Waals surface area contributed by atoms with Crippen LogP contribution in [-0.4, -0.2) is 55.0 Å². The van der Waals surface area contributed by atoms with Crippen molar-refractivity contribution >= 4 is 17.9 Å². The fourth-order valence-corrected chi connectivity index (χ4v) is 6.45. The Kier molecular flexibility index (Phi) is 38.2. The summed E-state index contributed by atoms with van der Waals surface area (Å²) in [7, 11) is 0. The molecular formula is C43H84NO7+. The predicted octanol–water partition coefficient (Wildman–Crippen LogP) is 10.5. The molecule has 0 aliphatic rings. The van der Waals surface area contributed by atoms with Crippen molar-refractivity contribution in [1.29, 1.82) is 0 Å². The van der Waals surface area contributed by atoms with Gasteiger partial charge in [0.05, 0.1) is 13.0 Å². The van der Waals surface area contributed by atoms with Crippen LogP contribution in [0.15, 0.2) is 0 Å². The van der Waals surface area contributed by atoms with Crippen LogP contribution in [0.5, 0.6) is 0 Å². The summed E-state index contributed by atoms with van der Waals surface area (Å²) in [5.41, 5.74) is 3.70. The second kappa shape index (κ2) is 39.5. The molecule has 0 saturated carbocycles. The zero-order chi connectivity index (χ0) is 37.5. The minimum atomic E-state index is -0.847. The summed E-state index contributed by atoms with van der Waals surface area (Å²) in [4.78, 5) is 37.1. The number of aliphatic hydroxyl groups excluding tert-OH is 1. The molecule has 51 heavy (non-hydrogen) atoms. The smallest absolute Gasteiger partial charge is 0.312 e. The van der Waals surface area contributed by atoms with Gasteiger partial charge in [-0.15, -0.1) is 0 Å². The van der Waals surface area contributed by atoms with Crippen molar-refractivity contribution in [1.82, 2.24) is 0 Å². The molecule has 4 N–H and O–H groups in total. The number of esters is 3. The molecule has 0 aliphatic heterocycles. The molecule has 0 bridgehead atoms. The van der Waals surface area contributed by atoms with Crippen LogP contribution in [-0.2, 0) is 28.6 Å². The van der Waals surface area contributed by atoms with Gasteiger partial charge in [0, 0.05) is 12.8 Å². The van der Waals surface area contributed by atoms with E-state index in [1.807, 2.05) is 0 Å². The molecule has 8 nitrogen and oxygen atoms in total. The van der Waals surface area contributed by atoms with E-state index < -0.39 is 18.1 Å². The molecule has 0 amide bonds. The minimum Gasteiger partial charge on any atom is -0.462 e. The molecule has 2 atom stereocenters. The molecule has 302 valence electrons. The molecule has 0 aromatic carbocycles. The van der Waals surface area contributed by atoms with Crippen LogP contribution in [0.25, 0.3) is 0 Å². The Bertz CT molecular complexity index is 777. The molecule has 0 radical (unpaired) electrons. The van der Waals surface area contributed by atoms with Gasteiger partial charge < -0.3 is 25.1 Å². The molecule has 8 heteroatoms. The Labute approximate surface area is 314 Å². The maximum absolute atomic E-state index is 12.6. The number of hydrogen-bond donors (Lipinski definition) is 2. The van der Waals surface area contributed by atoms with Crippen LogP contribution in [0.1, 0.15) is 226 Å². The van der Waals surface area contributed by atoms with Gasteiger partial charge in [0.15, 0.2) is 6.10 Å². The van der Waals surface area contributed by atoms with Crippen LogP contribution in [0.2, 0.25) is 0 Å². The first-order valence-electron chi connectivity index (χ1n) is 21.9. The molecule has 0 saturated heterocycles. The van der Waals surface area contributed by atoms with E-state index in [2.05, 4.69) is 19.6 Å². The van der Waals surface area contributed by atoms with E-state index in [1.54, 1.807) is 0 Å². The third-order valence-electron chi connectivity index (χ3n) is 9.84. The highest BCUT2D eigenvalue weighted by molar-refractivity contribution is 5.71. The number of unbranched alkanes of at least 4 members (excludes halogenated alkanes) is 28. The Morgan fingerprint density at radius 3 is 1.08 bits per heavy atom. The van der Waals surface area contributed by atoms with Crippen LogP contribution in [0, 0.1) is 0 Å². The number of rotatable bonds is 40. The Hall–Kier alpha value is -1.67. The molecule has 0 rings (SSSR count). The summed E-state index contributed by atoms with van der Waals surface area (Å²) in [6.07, 6.45) is 37.6. The first-order valence-corrected chi connectivity index (χ1v) is 21.9. The van der Waals surface area contributed by atoms with Gasteiger partial charge >= 0.3 is 17.9 Å². The highest BCUT2D eigenvalue weighted by Gasteiger charge is 2.21. The molecule has 0 aliphatic carbocycles. The number of ether oxygens (including phenoxy) is 3. The number of hydrogen-bond acceptors (Lipinski definition) is 7. The van der Waals surface area contributed by atoms with Crippen LogP contribution < -0.4 is 5.73 Å². The van der Waals surface area contributed by atoms with E-state index in [0.29, 0.717) is 12.8 Å². The van der Waals surface area contributed by atoms with Gasteiger partial charge in [-0.3, -0.25) is 14.4 Å². The third-order valence-corrected chi connectivity index (χ3v) is 9.84. The first kappa shape index (κ1) is 49.3. The van der Waals surface area contributed by atoms with Gasteiger partial charge in [0.25, 0.3) is 0 Å². The number of carbonyl (C=O) groups excluding carboxylic acids is 3. The lowest BCUT2D eigenvalue weighted by atomic mass is 10.0. The largest absolute Gasteiger partial charge is 0.462 e. The lowest BCUT2D eigenvalue weighted by molar-refractivity contribution is -0.424. The molecule has 0 spiro atoms. The summed E-state index contributed by atoms with van der Waals surface area (Å²) < 4.78 is 16.3. The SMILES string of the molecule is CCCCCCCCCCCCCCCCCC(=O)OCC(COC(=O)CC([NH3+])CO)OC(=O)CCCCCCCCCCCCCCCCC. The van der Waals surface area contributed by atoms with Gasteiger partial charge in [0.1, 0.15) is 19.3 Å². The Balaban J connectivity index is 4.09. The van der Waals surface area contributed by atoms with Crippen molar-refractivity contribution in [3.05, 3.63) is 0 Å². The number of quaternary nitrogens is 1. The molecule has 2 unspecified atom stereocenters. The fraction of sp³-hybridized carbons (Fsp3) is 0.930. The summed E-state index contributed by atoms with van der Waals surface area (Å²) in [6.45, 7) is 3.99. The van der Waals surface area contributed by atoms with E-state index in [0.717, 1.165) is 38.5 Å². The highest BCUT2D eigenvalue weighted by atomic mass is 16.6. The summed E-state index contributed by atoms with van der Waals surface area (Å²) >= 11 is 0. The zero-order valence-corrected chi connectivity index (χ0v) is 33.7. The van der Waals surface area contributed by atoms with Gasteiger partial charge in [-0.05, 0) is 12.8 Å². The second-order valence-electron chi connectivity index (χ2n) is 15.1. The van der Waals surface area contributed by atoms with E-state index in [4.69, 9.17) is 19.3 Å². The van der Waals surface area contributed by atoms with Gasteiger partial charge in [-0.25, -0.2) is 0 Å². The molecular weight excluding hydrogens is 642 g/mol. The topological polar surface area (TPSA) is 127 Å². The van der Waals surface area contributed by atoms with Crippen molar-refractivity contribution < 1.29 is 39.4 Å². The van der Waals surface area contributed by atoms with Crippen LogP contribution in [0.3, 0.4) is 0 Å². The molecule has 0 fully saturated rings. The van der Waals surface area contributed by atoms with E-state index in [1.165, 1.54) is 154 Å². The highest BCUT2D eigenvalue weighted by Crippen LogP contribution is 2.16. The van der Waals surface area contributed by atoms with Crippen LogP contribution >= 0.6 is 0 Å². The quantitative estimate of drug-likeness (QED) is 0.0365. The van der Waals surface area contributed by atoms with Crippen molar-refractivity contribution in [2.45, 2.75) is 238 Å². The van der Waals surface area contributed by atoms with Gasteiger partial charge in [-0.1, -0.05) is 194 Å². The zero-order valence-electron chi connectivity index (χ0n) is 33.7.